The third-order valence-corrected chi connectivity index (χ3v) is 2.73. The molecular formula is C14H28O3. The van der Waals surface area contributed by atoms with Gasteiger partial charge in [-0.3, -0.25) is 0 Å². The van der Waals surface area contributed by atoms with Crippen LogP contribution in [0.5, 0.6) is 0 Å². The molecule has 3 nitrogen and oxygen atoms in total. The predicted octanol–water partition coefficient (Wildman–Crippen LogP) is 2.99. The van der Waals surface area contributed by atoms with E-state index >= 15 is 0 Å². The molecule has 1 N–H and O–H groups in total. The number of rotatable bonds is 9. The van der Waals surface area contributed by atoms with Crippen LogP contribution in [0.1, 0.15) is 40.5 Å². The van der Waals surface area contributed by atoms with Gasteiger partial charge in [-0.1, -0.05) is 25.5 Å². The van der Waals surface area contributed by atoms with E-state index in [1.807, 2.05) is 0 Å². The Balaban J connectivity index is 3.96. The van der Waals surface area contributed by atoms with Gasteiger partial charge in [0.25, 0.3) is 0 Å². The van der Waals surface area contributed by atoms with Crippen molar-refractivity contribution in [2.75, 3.05) is 20.5 Å². The van der Waals surface area contributed by atoms with Crippen LogP contribution in [0.2, 0.25) is 0 Å². The Labute approximate surface area is 106 Å². The molecule has 0 rings (SSSR count). The van der Waals surface area contributed by atoms with E-state index in [2.05, 4.69) is 33.8 Å². The number of methoxy groups -OCH3 is 1. The van der Waals surface area contributed by atoms with Crippen molar-refractivity contribution in [3.05, 3.63) is 11.6 Å². The van der Waals surface area contributed by atoms with Crippen molar-refractivity contribution in [1.82, 2.24) is 0 Å². The van der Waals surface area contributed by atoms with Gasteiger partial charge in [-0.2, -0.15) is 0 Å². The second-order valence-corrected chi connectivity index (χ2v) is 5.10. The standard InChI is InChI=1S/C14H28O3/c1-11(7-13(3)9-15)6-12(2)8-14(4)17-10-16-5/h6,12-15H,7-10H2,1-5H3/b11-6+/t12-,13-,14-/m0/s1. The van der Waals surface area contributed by atoms with Crippen LogP contribution in [0.4, 0.5) is 0 Å². The third kappa shape index (κ3) is 9.33. The molecule has 0 aromatic heterocycles. The smallest absolute Gasteiger partial charge is 0.146 e. The summed E-state index contributed by atoms with van der Waals surface area (Å²) in [5.41, 5.74) is 1.35. The van der Waals surface area contributed by atoms with Crippen LogP contribution in [-0.4, -0.2) is 31.7 Å². The predicted molar refractivity (Wildman–Crippen MR) is 70.8 cm³/mol. The molecule has 3 atom stereocenters. The zero-order chi connectivity index (χ0) is 13.3. The Hall–Kier alpha value is -0.380. The molecular weight excluding hydrogens is 216 g/mol. The molecule has 0 heterocycles. The highest BCUT2D eigenvalue weighted by Gasteiger charge is 2.08. The van der Waals surface area contributed by atoms with Crippen LogP contribution < -0.4 is 0 Å². The minimum absolute atomic E-state index is 0.212. The van der Waals surface area contributed by atoms with Gasteiger partial charge in [0.15, 0.2) is 0 Å². The third-order valence-electron chi connectivity index (χ3n) is 2.73. The lowest BCUT2D eigenvalue weighted by molar-refractivity contribution is -0.0697. The van der Waals surface area contributed by atoms with Crippen LogP contribution in [0.3, 0.4) is 0 Å². The zero-order valence-electron chi connectivity index (χ0n) is 11.9. The summed E-state index contributed by atoms with van der Waals surface area (Å²) < 4.78 is 10.3. The zero-order valence-corrected chi connectivity index (χ0v) is 11.9. The van der Waals surface area contributed by atoms with Gasteiger partial charge in [0.2, 0.25) is 0 Å². The molecule has 0 aliphatic heterocycles. The van der Waals surface area contributed by atoms with E-state index < -0.39 is 0 Å². The van der Waals surface area contributed by atoms with E-state index in [9.17, 15) is 0 Å². The van der Waals surface area contributed by atoms with Crippen molar-refractivity contribution < 1.29 is 14.6 Å². The Kier molecular flexibility index (Phi) is 9.41. The first-order valence-corrected chi connectivity index (χ1v) is 6.38. The maximum atomic E-state index is 9.00. The highest BCUT2D eigenvalue weighted by molar-refractivity contribution is 5.01. The van der Waals surface area contributed by atoms with E-state index in [0.717, 1.165) is 12.8 Å². The molecule has 0 amide bonds. The number of aliphatic hydroxyl groups is 1. The van der Waals surface area contributed by atoms with Crippen LogP contribution in [0, 0.1) is 11.8 Å². The summed E-state index contributed by atoms with van der Waals surface area (Å²) in [7, 11) is 1.64. The normalized spacial score (nSPS) is 17.9. The van der Waals surface area contributed by atoms with Crippen molar-refractivity contribution in [2.45, 2.75) is 46.6 Å². The quantitative estimate of drug-likeness (QED) is 0.500. The second-order valence-electron chi connectivity index (χ2n) is 5.10. The summed E-state index contributed by atoms with van der Waals surface area (Å²) in [6.45, 7) is 9.07. The first kappa shape index (κ1) is 16.6. The van der Waals surface area contributed by atoms with Crippen LogP contribution in [0.15, 0.2) is 11.6 Å². The summed E-state index contributed by atoms with van der Waals surface area (Å²) >= 11 is 0. The molecule has 0 aromatic rings. The minimum Gasteiger partial charge on any atom is -0.396 e. The Bertz CT molecular complexity index is 214. The van der Waals surface area contributed by atoms with Crippen LogP contribution in [-0.2, 0) is 9.47 Å². The highest BCUT2D eigenvalue weighted by Crippen LogP contribution is 2.16. The number of allylic oxidation sites excluding steroid dienone is 2. The largest absolute Gasteiger partial charge is 0.396 e. The van der Waals surface area contributed by atoms with E-state index in [0.29, 0.717) is 18.6 Å². The molecule has 0 saturated carbocycles. The lowest BCUT2D eigenvalue weighted by Gasteiger charge is -2.16. The van der Waals surface area contributed by atoms with Crippen molar-refractivity contribution >= 4 is 0 Å². The van der Waals surface area contributed by atoms with Crippen molar-refractivity contribution in [2.24, 2.45) is 11.8 Å². The van der Waals surface area contributed by atoms with E-state index in [4.69, 9.17) is 14.6 Å². The lowest BCUT2D eigenvalue weighted by Crippen LogP contribution is -2.13. The number of hydrogen-bond acceptors (Lipinski definition) is 3. The fraction of sp³-hybridized carbons (Fsp3) is 0.857. The molecule has 0 unspecified atom stereocenters. The first-order valence-electron chi connectivity index (χ1n) is 6.38. The fourth-order valence-electron chi connectivity index (χ4n) is 2.01. The SMILES string of the molecule is COCO[C@@H](C)C[C@@H](C)/C=C(\C)C[C@H](C)CO. The van der Waals surface area contributed by atoms with Crippen molar-refractivity contribution in [3.63, 3.8) is 0 Å². The molecule has 0 fully saturated rings. The summed E-state index contributed by atoms with van der Waals surface area (Å²) in [5.74, 6) is 0.841. The van der Waals surface area contributed by atoms with Crippen LogP contribution >= 0.6 is 0 Å². The average Bonchev–Trinajstić information content (AvgIpc) is 2.25. The maximum absolute atomic E-state index is 9.00. The molecule has 0 aliphatic carbocycles. The molecule has 0 radical (unpaired) electrons. The lowest BCUT2D eigenvalue weighted by atomic mass is 9.97. The van der Waals surface area contributed by atoms with Crippen molar-refractivity contribution in [3.8, 4) is 0 Å². The second kappa shape index (κ2) is 9.63. The minimum atomic E-state index is 0.212. The van der Waals surface area contributed by atoms with E-state index in [-0.39, 0.29) is 12.7 Å². The molecule has 0 bridgehead atoms. The van der Waals surface area contributed by atoms with Gasteiger partial charge in [0.05, 0.1) is 6.10 Å². The summed E-state index contributed by atoms with van der Waals surface area (Å²) in [4.78, 5) is 0. The van der Waals surface area contributed by atoms with Gasteiger partial charge in [-0.15, -0.1) is 0 Å². The molecule has 17 heavy (non-hydrogen) atoms. The van der Waals surface area contributed by atoms with Gasteiger partial charge >= 0.3 is 0 Å². The highest BCUT2D eigenvalue weighted by atomic mass is 16.7. The monoisotopic (exact) mass is 244 g/mol. The Morgan fingerprint density at radius 3 is 2.47 bits per heavy atom. The number of hydrogen-bond donors (Lipinski definition) is 1. The topological polar surface area (TPSA) is 38.7 Å². The summed E-state index contributed by atoms with van der Waals surface area (Å²) in [5, 5.41) is 9.00. The summed E-state index contributed by atoms with van der Waals surface area (Å²) in [6, 6.07) is 0. The molecule has 0 aliphatic rings. The van der Waals surface area contributed by atoms with Crippen LogP contribution in [0.25, 0.3) is 0 Å². The van der Waals surface area contributed by atoms with Crippen molar-refractivity contribution in [1.29, 1.82) is 0 Å². The first-order chi connectivity index (χ1) is 7.99. The molecule has 0 spiro atoms. The number of aliphatic hydroxyl groups excluding tert-OH is 1. The van der Waals surface area contributed by atoms with Gasteiger partial charge in [0.1, 0.15) is 6.79 Å². The molecule has 3 heteroatoms. The Morgan fingerprint density at radius 2 is 1.94 bits per heavy atom. The molecule has 0 aromatic carbocycles. The van der Waals surface area contributed by atoms with E-state index in [1.165, 1.54) is 5.57 Å². The average molecular weight is 244 g/mol. The van der Waals surface area contributed by atoms with Gasteiger partial charge in [-0.05, 0) is 38.5 Å². The van der Waals surface area contributed by atoms with Gasteiger partial charge < -0.3 is 14.6 Å². The van der Waals surface area contributed by atoms with E-state index in [1.54, 1.807) is 7.11 Å². The molecule has 102 valence electrons. The number of ether oxygens (including phenoxy) is 2. The maximum Gasteiger partial charge on any atom is 0.146 e. The summed E-state index contributed by atoms with van der Waals surface area (Å²) in [6.07, 6.45) is 4.45. The van der Waals surface area contributed by atoms with Gasteiger partial charge in [-0.25, -0.2) is 0 Å². The fourth-order valence-corrected chi connectivity index (χ4v) is 2.01. The Morgan fingerprint density at radius 1 is 1.29 bits per heavy atom. The van der Waals surface area contributed by atoms with Gasteiger partial charge in [0, 0.05) is 13.7 Å². The molecule has 0 saturated heterocycles.